The first kappa shape index (κ1) is 12.9. The van der Waals surface area contributed by atoms with E-state index in [1.54, 1.807) is 0 Å². The number of oxazole rings is 1. The molecule has 0 N–H and O–H groups in total. The Kier molecular flexibility index (Phi) is 3.56. The summed E-state index contributed by atoms with van der Waals surface area (Å²) in [6.45, 7) is 1.86. The average Bonchev–Trinajstić information content (AvgIpc) is 2.89. The van der Waals surface area contributed by atoms with E-state index in [9.17, 15) is 4.79 Å². The van der Waals surface area contributed by atoms with E-state index in [0.29, 0.717) is 11.6 Å². The molecule has 3 rings (SSSR count). The average molecular weight is 283 g/mol. The highest BCUT2D eigenvalue weighted by atomic mass is 32.2. The van der Waals surface area contributed by atoms with E-state index in [1.165, 1.54) is 11.8 Å². The van der Waals surface area contributed by atoms with Crippen molar-refractivity contribution in [3.63, 3.8) is 0 Å². The van der Waals surface area contributed by atoms with Gasteiger partial charge in [-0.1, -0.05) is 37.3 Å². The van der Waals surface area contributed by atoms with Gasteiger partial charge in [0.1, 0.15) is 5.52 Å². The fourth-order valence-electron chi connectivity index (χ4n) is 1.97. The molecule has 0 aliphatic rings. The van der Waals surface area contributed by atoms with Crippen LogP contribution in [0.2, 0.25) is 0 Å². The molecule has 3 aromatic rings. The fourth-order valence-corrected chi connectivity index (χ4v) is 2.87. The topological polar surface area (TPSA) is 43.1 Å². The van der Waals surface area contributed by atoms with Crippen LogP contribution in [0, 0.1) is 0 Å². The molecule has 0 amide bonds. The van der Waals surface area contributed by atoms with Gasteiger partial charge in [0.05, 0.1) is 0 Å². The number of Topliss-reactive ketones (excluding diaryl/α,β-unsaturated/α-hetero) is 1. The monoisotopic (exact) mass is 283 g/mol. The SMILES string of the molecule is CCC(=O)c1ccccc1Sc1nc2ccccc2o1. The minimum Gasteiger partial charge on any atom is -0.431 e. The lowest BCUT2D eigenvalue weighted by Crippen LogP contribution is -1.98. The maximum absolute atomic E-state index is 11.9. The predicted octanol–water partition coefficient (Wildman–Crippen LogP) is 4.57. The first-order valence-corrected chi connectivity index (χ1v) is 7.25. The standard InChI is InChI=1S/C16H13NO2S/c1-2-13(18)11-7-3-6-10-15(11)20-16-17-12-8-4-5-9-14(12)19-16/h3-10H,2H2,1H3. The van der Waals surface area contributed by atoms with Gasteiger partial charge in [-0.3, -0.25) is 4.79 Å². The first-order valence-electron chi connectivity index (χ1n) is 6.43. The third kappa shape index (κ3) is 2.47. The Morgan fingerprint density at radius 1 is 1.15 bits per heavy atom. The zero-order valence-electron chi connectivity index (χ0n) is 11.0. The third-order valence-electron chi connectivity index (χ3n) is 2.98. The summed E-state index contributed by atoms with van der Waals surface area (Å²) in [4.78, 5) is 17.2. The summed E-state index contributed by atoms with van der Waals surface area (Å²) in [7, 11) is 0. The summed E-state index contributed by atoms with van der Waals surface area (Å²) >= 11 is 1.39. The van der Waals surface area contributed by atoms with Crippen LogP contribution in [-0.2, 0) is 0 Å². The number of fused-ring (bicyclic) bond motifs is 1. The summed E-state index contributed by atoms with van der Waals surface area (Å²) in [6, 6.07) is 15.2. The van der Waals surface area contributed by atoms with E-state index in [4.69, 9.17) is 4.42 Å². The molecule has 0 bridgehead atoms. The number of hydrogen-bond acceptors (Lipinski definition) is 4. The minimum atomic E-state index is 0.129. The largest absolute Gasteiger partial charge is 0.431 e. The lowest BCUT2D eigenvalue weighted by molar-refractivity contribution is 0.0985. The number of benzene rings is 2. The van der Waals surface area contributed by atoms with E-state index in [1.807, 2.05) is 55.5 Å². The van der Waals surface area contributed by atoms with Crippen molar-refractivity contribution in [1.82, 2.24) is 4.98 Å². The third-order valence-corrected chi connectivity index (χ3v) is 3.91. The fraction of sp³-hybridized carbons (Fsp3) is 0.125. The van der Waals surface area contributed by atoms with E-state index < -0.39 is 0 Å². The molecule has 1 heterocycles. The smallest absolute Gasteiger partial charge is 0.261 e. The molecule has 4 heteroatoms. The Balaban J connectivity index is 1.96. The van der Waals surface area contributed by atoms with Crippen molar-refractivity contribution >= 4 is 28.6 Å². The molecule has 0 atom stereocenters. The van der Waals surface area contributed by atoms with Gasteiger partial charge < -0.3 is 4.42 Å². The summed E-state index contributed by atoms with van der Waals surface area (Å²) in [5.41, 5.74) is 2.31. The molecule has 20 heavy (non-hydrogen) atoms. The predicted molar refractivity (Wildman–Crippen MR) is 79.2 cm³/mol. The molecule has 3 nitrogen and oxygen atoms in total. The van der Waals surface area contributed by atoms with Crippen molar-refractivity contribution in [2.45, 2.75) is 23.5 Å². The highest BCUT2D eigenvalue weighted by Crippen LogP contribution is 2.32. The van der Waals surface area contributed by atoms with E-state index in [-0.39, 0.29) is 5.78 Å². The summed E-state index contributed by atoms with van der Waals surface area (Å²) < 4.78 is 5.68. The molecule has 0 aliphatic heterocycles. The molecule has 0 spiro atoms. The Labute approximate surface area is 121 Å². The summed E-state index contributed by atoms with van der Waals surface area (Å²) in [5, 5.41) is 0.558. The molecule has 0 aliphatic carbocycles. The van der Waals surface area contributed by atoms with Gasteiger partial charge in [-0.2, -0.15) is 0 Å². The molecule has 100 valence electrons. The van der Waals surface area contributed by atoms with Crippen LogP contribution < -0.4 is 0 Å². The van der Waals surface area contributed by atoms with Crippen LogP contribution in [0.25, 0.3) is 11.1 Å². The van der Waals surface area contributed by atoms with Crippen molar-refractivity contribution in [1.29, 1.82) is 0 Å². The van der Waals surface area contributed by atoms with Gasteiger partial charge >= 0.3 is 0 Å². The number of aromatic nitrogens is 1. The molecule has 0 radical (unpaired) electrons. The quantitative estimate of drug-likeness (QED) is 0.658. The lowest BCUT2D eigenvalue weighted by atomic mass is 10.1. The second-order valence-corrected chi connectivity index (χ2v) is 5.32. The lowest BCUT2D eigenvalue weighted by Gasteiger charge is -2.04. The minimum absolute atomic E-state index is 0.129. The van der Waals surface area contributed by atoms with Gasteiger partial charge in [0, 0.05) is 16.9 Å². The first-order chi connectivity index (χ1) is 9.78. The molecular formula is C16H13NO2S. The van der Waals surface area contributed by atoms with Crippen LogP contribution in [0.3, 0.4) is 0 Å². The Bertz CT molecular complexity index is 731. The van der Waals surface area contributed by atoms with Crippen molar-refractivity contribution in [3.05, 3.63) is 54.1 Å². The highest BCUT2D eigenvalue weighted by molar-refractivity contribution is 7.99. The van der Waals surface area contributed by atoms with Gasteiger partial charge in [-0.05, 0) is 30.0 Å². The molecule has 0 fully saturated rings. The molecule has 0 saturated heterocycles. The summed E-state index contributed by atoms with van der Waals surface area (Å²) in [6.07, 6.45) is 0.491. The van der Waals surface area contributed by atoms with Gasteiger partial charge in [-0.15, -0.1) is 0 Å². The van der Waals surface area contributed by atoms with Crippen LogP contribution >= 0.6 is 11.8 Å². The molecule has 1 aromatic heterocycles. The number of hydrogen-bond donors (Lipinski definition) is 0. The Hall–Kier alpha value is -2.07. The number of carbonyl (C=O) groups excluding carboxylic acids is 1. The van der Waals surface area contributed by atoms with Gasteiger partial charge in [-0.25, -0.2) is 4.98 Å². The van der Waals surface area contributed by atoms with Crippen molar-refractivity contribution in [2.75, 3.05) is 0 Å². The maximum atomic E-state index is 11.9. The van der Waals surface area contributed by atoms with Crippen molar-refractivity contribution in [2.24, 2.45) is 0 Å². The maximum Gasteiger partial charge on any atom is 0.261 e. The van der Waals surface area contributed by atoms with Crippen molar-refractivity contribution < 1.29 is 9.21 Å². The van der Waals surface area contributed by atoms with E-state index >= 15 is 0 Å². The second kappa shape index (κ2) is 5.51. The van der Waals surface area contributed by atoms with Crippen LogP contribution in [0.1, 0.15) is 23.7 Å². The van der Waals surface area contributed by atoms with Gasteiger partial charge in [0.15, 0.2) is 11.4 Å². The van der Waals surface area contributed by atoms with Crippen LogP contribution in [0.15, 0.2) is 63.1 Å². The number of nitrogens with zero attached hydrogens (tertiary/aromatic N) is 1. The normalized spacial score (nSPS) is 10.8. The number of carbonyl (C=O) groups is 1. The van der Waals surface area contributed by atoms with E-state index in [2.05, 4.69) is 4.98 Å². The highest BCUT2D eigenvalue weighted by Gasteiger charge is 2.13. The molecule has 0 unspecified atom stereocenters. The Morgan fingerprint density at radius 2 is 1.90 bits per heavy atom. The zero-order chi connectivity index (χ0) is 13.9. The number of para-hydroxylation sites is 2. The molecule has 2 aromatic carbocycles. The number of rotatable bonds is 4. The van der Waals surface area contributed by atoms with Crippen molar-refractivity contribution in [3.8, 4) is 0 Å². The zero-order valence-corrected chi connectivity index (χ0v) is 11.8. The van der Waals surface area contributed by atoms with E-state index in [0.717, 1.165) is 21.6 Å². The van der Waals surface area contributed by atoms with Crippen LogP contribution in [0.5, 0.6) is 0 Å². The molecule has 0 saturated carbocycles. The Morgan fingerprint density at radius 3 is 2.70 bits per heavy atom. The molecular weight excluding hydrogens is 270 g/mol. The van der Waals surface area contributed by atoms with Crippen LogP contribution in [0.4, 0.5) is 0 Å². The summed E-state index contributed by atoms with van der Waals surface area (Å²) in [5.74, 6) is 0.129. The van der Waals surface area contributed by atoms with Gasteiger partial charge in [0.2, 0.25) is 0 Å². The van der Waals surface area contributed by atoms with Crippen LogP contribution in [-0.4, -0.2) is 10.8 Å². The number of ketones is 1. The van der Waals surface area contributed by atoms with Gasteiger partial charge in [0.25, 0.3) is 5.22 Å². The second-order valence-electron chi connectivity index (χ2n) is 4.32.